The number of hydrogen-bond donors (Lipinski definition) is 1. The zero-order valence-electron chi connectivity index (χ0n) is 13.1. The lowest BCUT2D eigenvalue weighted by atomic mass is 10.1. The Morgan fingerprint density at radius 2 is 2.00 bits per heavy atom. The Hall–Kier alpha value is -0.860. The Morgan fingerprint density at radius 3 is 2.68 bits per heavy atom. The molecule has 0 amide bonds. The SMILES string of the molecule is CCCNC(C)CCCN(C)Cc1ccccc1C. The first kappa shape index (κ1) is 16.2. The molecule has 2 nitrogen and oxygen atoms in total. The quantitative estimate of drug-likeness (QED) is 0.731. The maximum absolute atomic E-state index is 3.55. The number of nitrogens with zero attached hydrogens (tertiary/aromatic N) is 1. The van der Waals surface area contributed by atoms with Crippen molar-refractivity contribution in [1.29, 1.82) is 0 Å². The van der Waals surface area contributed by atoms with Gasteiger partial charge in [0.1, 0.15) is 0 Å². The van der Waals surface area contributed by atoms with Crippen LogP contribution in [0.2, 0.25) is 0 Å². The largest absolute Gasteiger partial charge is 0.314 e. The van der Waals surface area contributed by atoms with Crippen LogP contribution in [0.15, 0.2) is 24.3 Å². The van der Waals surface area contributed by atoms with Gasteiger partial charge < -0.3 is 10.2 Å². The summed E-state index contributed by atoms with van der Waals surface area (Å²) in [5, 5.41) is 3.55. The van der Waals surface area contributed by atoms with E-state index in [0.717, 1.165) is 13.1 Å². The van der Waals surface area contributed by atoms with E-state index in [2.05, 4.69) is 62.3 Å². The van der Waals surface area contributed by atoms with E-state index in [9.17, 15) is 0 Å². The molecule has 19 heavy (non-hydrogen) atoms. The molecular weight excluding hydrogens is 232 g/mol. The summed E-state index contributed by atoms with van der Waals surface area (Å²) in [6, 6.07) is 9.32. The van der Waals surface area contributed by atoms with Crippen molar-refractivity contribution in [3.63, 3.8) is 0 Å². The number of hydrogen-bond acceptors (Lipinski definition) is 2. The van der Waals surface area contributed by atoms with Gasteiger partial charge in [-0.3, -0.25) is 0 Å². The van der Waals surface area contributed by atoms with Crippen molar-refractivity contribution in [3.05, 3.63) is 35.4 Å². The molecule has 1 N–H and O–H groups in total. The fourth-order valence-electron chi connectivity index (χ4n) is 2.32. The lowest BCUT2D eigenvalue weighted by Crippen LogP contribution is -2.28. The summed E-state index contributed by atoms with van der Waals surface area (Å²) in [6.07, 6.45) is 3.75. The molecule has 108 valence electrons. The Kier molecular flexibility index (Phi) is 7.76. The van der Waals surface area contributed by atoms with E-state index in [0.29, 0.717) is 6.04 Å². The second-order valence-electron chi connectivity index (χ2n) is 5.66. The Bertz CT molecular complexity index is 349. The van der Waals surface area contributed by atoms with Crippen molar-refractivity contribution < 1.29 is 0 Å². The monoisotopic (exact) mass is 262 g/mol. The van der Waals surface area contributed by atoms with E-state index in [1.807, 2.05) is 0 Å². The highest BCUT2D eigenvalue weighted by molar-refractivity contribution is 5.25. The minimum Gasteiger partial charge on any atom is -0.314 e. The molecule has 2 heteroatoms. The smallest absolute Gasteiger partial charge is 0.0233 e. The molecule has 0 bridgehead atoms. The first-order chi connectivity index (χ1) is 9.13. The number of nitrogens with one attached hydrogen (secondary N) is 1. The van der Waals surface area contributed by atoms with E-state index >= 15 is 0 Å². The topological polar surface area (TPSA) is 15.3 Å². The molecule has 0 spiro atoms. The molecule has 0 aliphatic heterocycles. The van der Waals surface area contributed by atoms with Crippen molar-refractivity contribution in [2.75, 3.05) is 20.1 Å². The molecule has 0 fully saturated rings. The molecule has 1 aromatic carbocycles. The van der Waals surface area contributed by atoms with E-state index in [1.165, 1.54) is 36.9 Å². The first-order valence-corrected chi connectivity index (χ1v) is 7.60. The van der Waals surface area contributed by atoms with E-state index in [4.69, 9.17) is 0 Å². The van der Waals surface area contributed by atoms with E-state index in [1.54, 1.807) is 0 Å². The summed E-state index contributed by atoms with van der Waals surface area (Å²) in [5.74, 6) is 0. The van der Waals surface area contributed by atoms with Crippen LogP contribution in [0, 0.1) is 6.92 Å². The van der Waals surface area contributed by atoms with Gasteiger partial charge in [-0.2, -0.15) is 0 Å². The molecule has 1 unspecified atom stereocenters. The first-order valence-electron chi connectivity index (χ1n) is 7.60. The van der Waals surface area contributed by atoms with Gasteiger partial charge in [-0.05, 0) is 64.4 Å². The molecule has 0 radical (unpaired) electrons. The fourth-order valence-corrected chi connectivity index (χ4v) is 2.32. The van der Waals surface area contributed by atoms with Crippen LogP contribution in [-0.2, 0) is 6.54 Å². The van der Waals surface area contributed by atoms with Gasteiger partial charge >= 0.3 is 0 Å². The Balaban J connectivity index is 2.21. The summed E-state index contributed by atoms with van der Waals surface area (Å²) >= 11 is 0. The maximum Gasteiger partial charge on any atom is 0.0233 e. The number of rotatable bonds is 9. The van der Waals surface area contributed by atoms with Gasteiger partial charge in [0.05, 0.1) is 0 Å². The average Bonchev–Trinajstić information content (AvgIpc) is 2.39. The third kappa shape index (κ3) is 6.74. The third-order valence-corrected chi connectivity index (χ3v) is 3.62. The summed E-state index contributed by atoms with van der Waals surface area (Å²) < 4.78 is 0. The van der Waals surface area contributed by atoms with E-state index < -0.39 is 0 Å². The van der Waals surface area contributed by atoms with Crippen LogP contribution in [0.4, 0.5) is 0 Å². The fraction of sp³-hybridized carbons (Fsp3) is 0.647. The molecule has 1 rings (SSSR count). The molecule has 0 saturated carbocycles. The highest BCUT2D eigenvalue weighted by Gasteiger charge is 2.04. The van der Waals surface area contributed by atoms with Crippen molar-refractivity contribution in [2.45, 2.75) is 52.6 Å². The van der Waals surface area contributed by atoms with Crippen LogP contribution in [0.5, 0.6) is 0 Å². The standard InChI is InChI=1S/C17H30N2/c1-5-12-18-16(3)10-8-13-19(4)14-17-11-7-6-9-15(17)2/h6-7,9,11,16,18H,5,8,10,12-14H2,1-4H3. The zero-order valence-corrected chi connectivity index (χ0v) is 13.1. The molecule has 1 aromatic rings. The average molecular weight is 262 g/mol. The molecule has 0 aliphatic carbocycles. The van der Waals surface area contributed by atoms with Gasteiger partial charge in [0, 0.05) is 12.6 Å². The number of benzene rings is 1. The van der Waals surface area contributed by atoms with Crippen LogP contribution in [-0.4, -0.2) is 31.1 Å². The Morgan fingerprint density at radius 1 is 1.26 bits per heavy atom. The highest BCUT2D eigenvalue weighted by Crippen LogP contribution is 2.10. The third-order valence-electron chi connectivity index (χ3n) is 3.62. The minimum atomic E-state index is 0.645. The lowest BCUT2D eigenvalue weighted by molar-refractivity contribution is 0.310. The van der Waals surface area contributed by atoms with Crippen molar-refractivity contribution >= 4 is 0 Å². The van der Waals surface area contributed by atoms with Crippen molar-refractivity contribution in [3.8, 4) is 0 Å². The highest BCUT2D eigenvalue weighted by atomic mass is 15.1. The molecule has 0 saturated heterocycles. The lowest BCUT2D eigenvalue weighted by Gasteiger charge is -2.19. The number of aryl methyl sites for hydroxylation is 1. The molecular formula is C17H30N2. The minimum absolute atomic E-state index is 0.645. The van der Waals surface area contributed by atoms with Crippen LogP contribution >= 0.6 is 0 Å². The normalized spacial score (nSPS) is 12.9. The molecule has 0 aromatic heterocycles. The van der Waals surface area contributed by atoms with Gasteiger partial charge in [0.25, 0.3) is 0 Å². The second kappa shape index (κ2) is 9.11. The summed E-state index contributed by atoms with van der Waals surface area (Å²) in [5.41, 5.74) is 2.84. The van der Waals surface area contributed by atoms with Gasteiger partial charge in [0.15, 0.2) is 0 Å². The summed E-state index contributed by atoms with van der Waals surface area (Å²) in [4.78, 5) is 2.43. The predicted octanol–water partition coefficient (Wildman–Crippen LogP) is 3.60. The summed E-state index contributed by atoms with van der Waals surface area (Å²) in [6.45, 7) is 10.1. The maximum atomic E-state index is 3.55. The van der Waals surface area contributed by atoms with Crippen LogP contribution in [0.3, 0.4) is 0 Å². The van der Waals surface area contributed by atoms with Crippen LogP contribution in [0.25, 0.3) is 0 Å². The van der Waals surface area contributed by atoms with Gasteiger partial charge in [-0.15, -0.1) is 0 Å². The van der Waals surface area contributed by atoms with Gasteiger partial charge in [-0.25, -0.2) is 0 Å². The van der Waals surface area contributed by atoms with Crippen LogP contribution < -0.4 is 5.32 Å². The molecule has 0 heterocycles. The Labute approximate surface area is 119 Å². The van der Waals surface area contributed by atoms with Crippen molar-refractivity contribution in [1.82, 2.24) is 10.2 Å². The van der Waals surface area contributed by atoms with Crippen molar-refractivity contribution in [2.24, 2.45) is 0 Å². The van der Waals surface area contributed by atoms with Crippen LogP contribution in [0.1, 0.15) is 44.2 Å². The predicted molar refractivity (Wildman–Crippen MR) is 84.5 cm³/mol. The molecule has 0 aliphatic rings. The van der Waals surface area contributed by atoms with E-state index in [-0.39, 0.29) is 0 Å². The van der Waals surface area contributed by atoms with Gasteiger partial charge in [-0.1, -0.05) is 31.2 Å². The second-order valence-corrected chi connectivity index (χ2v) is 5.66. The summed E-state index contributed by atoms with van der Waals surface area (Å²) in [7, 11) is 2.22. The molecule has 1 atom stereocenters. The zero-order chi connectivity index (χ0) is 14.1. The van der Waals surface area contributed by atoms with Gasteiger partial charge in [0.2, 0.25) is 0 Å².